The van der Waals surface area contributed by atoms with Crippen molar-refractivity contribution in [3.8, 4) is 23.0 Å². The molecular formula is C21H21NO6. The Balaban J connectivity index is 1.81. The Hall–Kier alpha value is -3.48. The molecule has 0 spiro atoms. The van der Waals surface area contributed by atoms with Crippen LogP contribution < -0.4 is 19.5 Å². The topological polar surface area (TPSA) is 94.1 Å². The maximum absolute atomic E-state index is 12.5. The van der Waals surface area contributed by atoms with E-state index in [1.807, 2.05) is 13.8 Å². The van der Waals surface area contributed by atoms with Crippen LogP contribution in [0.1, 0.15) is 29.8 Å². The van der Waals surface area contributed by atoms with Gasteiger partial charge in [-0.2, -0.15) is 0 Å². The molecular weight excluding hydrogens is 362 g/mol. The molecule has 2 N–H and O–H groups in total. The molecule has 0 fully saturated rings. The number of phenolic OH excluding ortho intramolecular Hbond substituents is 1. The summed E-state index contributed by atoms with van der Waals surface area (Å²) in [5.41, 5.74) is 1.07. The Morgan fingerprint density at radius 1 is 1.14 bits per heavy atom. The van der Waals surface area contributed by atoms with E-state index in [1.54, 1.807) is 24.3 Å². The number of hydrogen-bond donors (Lipinski definition) is 2. The van der Waals surface area contributed by atoms with E-state index in [1.165, 1.54) is 18.2 Å². The van der Waals surface area contributed by atoms with Crippen molar-refractivity contribution in [2.45, 2.75) is 13.8 Å². The van der Waals surface area contributed by atoms with Gasteiger partial charge in [-0.25, -0.2) is 0 Å². The number of carbonyl (C=O) groups excluding carboxylic acids is 2. The lowest BCUT2D eigenvalue weighted by molar-refractivity contribution is -0.123. The normalized spacial score (nSPS) is 13.8. The molecule has 0 aromatic heterocycles. The van der Waals surface area contributed by atoms with Crippen LogP contribution in [0.15, 0.2) is 42.2 Å². The minimum atomic E-state index is -0.260. The number of nitrogens with one attached hydrogen (secondary N) is 1. The number of ketones is 1. The number of fused-ring (bicyclic) bond motifs is 1. The van der Waals surface area contributed by atoms with Gasteiger partial charge >= 0.3 is 0 Å². The summed E-state index contributed by atoms with van der Waals surface area (Å²) in [5, 5.41) is 12.2. The minimum absolute atomic E-state index is 0.0278. The molecule has 2 aromatic rings. The van der Waals surface area contributed by atoms with Crippen molar-refractivity contribution in [2.24, 2.45) is 0 Å². The number of likely N-dealkylation sites (N-methyl/N-ethyl adjacent to an activating group) is 1. The van der Waals surface area contributed by atoms with Gasteiger partial charge in [0.25, 0.3) is 5.91 Å². The number of benzene rings is 2. The Labute approximate surface area is 162 Å². The van der Waals surface area contributed by atoms with E-state index in [0.717, 1.165) is 0 Å². The van der Waals surface area contributed by atoms with E-state index in [-0.39, 0.29) is 29.8 Å². The van der Waals surface area contributed by atoms with Crippen molar-refractivity contribution in [3.05, 3.63) is 53.3 Å². The van der Waals surface area contributed by atoms with Crippen LogP contribution in [0.4, 0.5) is 0 Å². The SMILES string of the molecule is CCNC(=O)COc1ccc(/C=C2/Oc3cc(O)ccc3C2=O)cc1OCC. The van der Waals surface area contributed by atoms with Crippen LogP contribution in [-0.2, 0) is 4.79 Å². The fourth-order valence-corrected chi connectivity index (χ4v) is 2.72. The maximum Gasteiger partial charge on any atom is 0.257 e. The molecule has 0 aliphatic carbocycles. The van der Waals surface area contributed by atoms with E-state index in [2.05, 4.69) is 5.32 Å². The van der Waals surface area contributed by atoms with Crippen molar-refractivity contribution in [2.75, 3.05) is 19.8 Å². The molecule has 7 nitrogen and oxygen atoms in total. The molecule has 0 saturated carbocycles. The van der Waals surface area contributed by atoms with Gasteiger partial charge in [0.1, 0.15) is 11.5 Å². The van der Waals surface area contributed by atoms with Crippen LogP contribution in [0, 0.1) is 0 Å². The van der Waals surface area contributed by atoms with Crippen molar-refractivity contribution >= 4 is 17.8 Å². The highest BCUT2D eigenvalue weighted by molar-refractivity contribution is 6.14. The van der Waals surface area contributed by atoms with E-state index in [4.69, 9.17) is 14.2 Å². The molecule has 0 radical (unpaired) electrons. The van der Waals surface area contributed by atoms with E-state index < -0.39 is 0 Å². The second-order valence-corrected chi connectivity index (χ2v) is 6.00. The van der Waals surface area contributed by atoms with Crippen LogP contribution in [0.5, 0.6) is 23.0 Å². The molecule has 146 valence electrons. The zero-order valence-corrected chi connectivity index (χ0v) is 15.7. The van der Waals surface area contributed by atoms with Crippen LogP contribution >= 0.6 is 0 Å². The van der Waals surface area contributed by atoms with Crippen LogP contribution in [0.2, 0.25) is 0 Å². The standard InChI is InChI=1S/C21H21NO6/c1-3-22-20(24)12-27-16-8-5-13(9-18(16)26-4-2)10-19-21(25)15-7-6-14(23)11-17(15)28-19/h5-11,23H,3-4,12H2,1-2H3,(H,22,24)/b19-10+. The first-order chi connectivity index (χ1) is 13.5. The van der Waals surface area contributed by atoms with Gasteiger partial charge in [0.2, 0.25) is 5.78 Å². The lowest BCUT2D eigenvalue weighted by Crippen LogP contribution is -2.28. The zero-order valence-electron chi connectivity index (χ0n) is 15.7. The van der Waals surface area contributed by atoms with Crippen LogP contribution in [-0.4, -0.2) is 36.6 Å². The molecule has 0 saturated heterocycles. The Bertz CT molecular complexity index is 934. The molecule has 1 heterocycles. The fraction of sp³-hybridized carbons (Fsp3) is 0.238. The van der Waals surface area contributed by atoms with Gasteiger partial charge in [-0.05, 0) is 49.8 Å². The first-order valence-electron chi connectivity index (χ1n) is 8.95. The van der Waals surface area contributed by atoms with Gasteiger partial charge in [-0.1, -0.05) is 6.07 Å². The van der Waals surface area contributed by atoms with E-state index in [9.17, 15) is 14.7 Å². The fourth-order valence-electron chi connectivity index (χ4n) is 2.72. The molecule has 3 rings (SSSR count). The molecule has 7 heteroatoms. The molecule has 1 aliphatic rings. The molecule has 2 aromatic carbocycles. The van der Waals surface area contributed by atoms with Crippen LogP contribution in [0.3, 0.4) is 0 Å². The lowest BCUT2D eigenvalue weighted by Gasteiger charge is -2.12. The second kappa shape index (κ2) is 8.47. The van der Waals surface area contributed by atoms with E-state index >= 15 is 0 Å². The van der Waals surface area contributed by atoms with Crippen molar-refractivity contribution < 1.29 is 28.9 Å². The number of hydrogen-bond acceptors (Lipinski definition) is 6. The van der Waals surface area contributed by atoms with Gasteiger partial charge in [0.15, 0.2) is 23.9 Å². The second-order valence-electron chi connectivity index (χ2n) is 6.00. The number of aromatic hydroxyl groups is 1. The Kier molecular flexibility index (Phi) is 5.84. The Morgan fingerprint density at radius 3 is 2.71 bits per heavy atom. The number of allylic oxidation sites excluding steroid dienone is 1. The number of amides is 1. The first kappa shape index (κ1) is 19.3. The minimum Gasteiger partial charge on any atom is -0.508 e. The molecule has 0 atom stereocenters. The van der Waals surface area contributed by atoms with E-state index in [0.29, 0.717) is 41.5 Å². The molecule has 28 heavy (non-hydrogen) atoms. The first-order valence-corrected chi connectivity index (χ1v) is 8.95. The highest BCUT2D eigenvalue weighted by atomic mass is 16.5. The Morgan fingerprint density at radius 2 is 1.96 bits per heavy atom. The smallest absolute Gasteiger partial charge is 0.257 e. The highest BCUT2D eigenvalue weighted by Gasteiger charge is 2.27. The van der Waals surface area contributed by atoms with Crippen molar-refractivity contribution in [1.29, 1.82) is 0 Å². The van der Waals surface area contributed by atoms with Gasteiger partial charge in [0.05, 0.1) is 12.2 Å². The third-order valence-corrected chi connectivity index (χ3v) is 3.95. The van der Waals surface area contributed by atoms with Gasteiger partial charge in [-0.3, -0.25) is 9.59 Å². The average molecular weight is 383 g/mol. The molecule has 1 amide bonds. The summed E-state index contributed by atoms with van der Waals surface area (Å²) in [4.78, 5) is 24.0. The summed E-state index contributed by atoms with van der Waals surface area (Å²) >= 11 is 0. The predicted molar refractivity (Wildman–Crippen MR) is 103 cm³/mol. The third-order valence-electron chi connectivity index (χ3n) is 3.95. The summed E-state index contributed by atoms with van der Waals surface area (Å²) in [6, 6.07) is 9.49. The van der Waals surface area contributed by atoms with Gasteiger partial charge < -0.3 is 24.6 Å². The third kappa shape index (κ3) is 4.25. The number of phenols is 1. The number of rotatable bonds is 7. The summed E-state index contributed by atoms with van der Waals surface area (Å²) in [7, 11) is 0. The average Bonchev–Trinajstić information content (AvgIpc) is 2.96. The number of ether oxygens (including phenoxy) is 3. The maximum atomic E-state index is 12.5. The van der Waals surface area contributed by atoms with Gasteiger partial charge in [-0.15, -0.1) is 0 Å². The monoisotopic (exact) mass is 383 g/mol. The predicted octanol–water partition coefficient (Wildman–Crippen LogP) is 2.92. The summed E-state index contributed by atoms with van der Waals surface area (Å²) < 4.78 is 16.7. The molecule has 0 unspecified atom stereocenters. The summed E-state index contributed by atoms with van der Waals surface area (Å²) in [6.45, 7) is 4.50. The quantitative estimate of drug-likeness (QED) is 0.714. The number of carbonyl (C=O) groups is 2. The summed E-state index contributed by atoms with van der Waals surface area (Å²) in [5.74, 6) is 0.915. The van der Waals surface area contributed by atoms with Crippen LogP contribution in [0.25, 0.3) is 6.08 Å². The molecule has 0 bridgehead atoms. The lowest BCUT2D eigenvalue weighted by atomic mass is 10.1. The molecule has 1 aliphatic heterocycles. The van der Waals surface area contributed by atoms with Crippen molar-refractivity contribution in [1.82, 2.24) is 5.32 Å². The largest absolute Gasteiger partial charge is 0.508 e. The van der Waals surface area contributed by atoms with Crippen molar-refractivity contribution in [3.63, 3.8) is 0 Å². The zero-order chi connectivity index (χ0) is 20.1. The summed E-state index contributed by atoms with van der Waals surface area (Å²) in [6.07, 6.45) is 1.59. The van der Waals surface area contributed by atoms with Gasteiger partial charge in [0, 0.05) is 12.6 Å². The highest BCUT2D eigenvalue weighted by Crippen LogP contribution is 2.35. The number of Topliss-reactive ketones (excluding diaryl/α,β-unsaturated/α-hetero) is 1.